The van der Waals surface area contributed by atoms with Crippen molar-refractivity contribution in [3.05, 3.63) is 78.0 Å². The van der Waals surface area contributed by atoms with Gasteiger partial charge in [-0.15, -0.1) is 0 Å². The zero-order chi connectivity index (χ0) is 19.8. The average molecular weight is 384 g/mol. The summed E-state index contributed by atoms with van der Waals surface area (Å²) in [6.45, 7) is 1.11. The fourth-order valence-corrected chi connectivity index (χ4v) is 4.24. The first-order chi connectivity index (χ1) is 14.2. The van der Waals surface area contributed by atoms with Crippen molar-refractivity contribution in [3.63, 3.8) is 0 Å². The number of carbonyl (C=O) groups is 1. The van der Waals surface area contributed by atoms with Crippen LogP contribution in [0.25, 0.3) is 21.9 Å². The number of rotatable bonds is 6. The third kappa shape index (κ3) is 3.17. The molecule has 5 heteroatoms. The average Bonchev–Trinajstić information content (AvgIpc) is 3.46. The van der Waals surface area contributed by atoms with E-state index in [-0.39, 0.29) is 18.0 Å². The number of hydrogen-bond acceptors (Lipinski definition) is 3. The predicted molar refractivity (Wildman–Crippen MR) is 115 cm³/mol. The second kappa shape index (κ2) is 7.01. The molecule has 5 rings (SSSR count). The Balaban J connectivity index is 1.41. The Hall–Kier alpha value is -3.18. The van der Waals surface area contributed by atoms with Gasteiger partial charge in [0.2, 0.25) is 5.91 Å². The van der Waals surface area contributed by atoms with Crippen LogP contribution in [0.3, 0.4) is 0 Å². The van der Waals surface area contributed by atoms with Gasteiger partial charge in [0.1, 0.15) is 12.2 Å². The van der Waals surface area contributed by atoms with Gasteiger partial charge in [0.05, 0.1) is 11.1 Å². The molecule has 2 N–H and O–H groups in total. The molecule has 1 aliphatic carbocycles. The number of pyridine rings is 1. The van der Waals surface area contributed by atoms with Gasteiger partial charge in [-0.1, -0.05) is 42.5 Å². The van der Waals surface area contributed by atoms with Crippen molar-refractivity contribution in [2.75, 3.05) is 7.05 Å². The second-order valence-corrected chi connectivity index (χ2v) is 7.84. The molecular formula is C24H24N4O. The van der Waals surface area contributed by atoms with Gasteiger partial charge in [-0.05, 0) is 49.2 Å². The summed E-state index contributed by atoms with van der Waals surface area (Å²) in [6.07, 6.45) is 3.75. The lowest BCUT2D eigenvalue weighted by atomic mass is 10.0. The highest BCUT2D eigenvalue weighted by molar-refractivity contribution is 6.07. The van der Waals surface area contributed by atoms with Crippen molar-refractivity contribution in [2.45, 2.75) is 31.5 Å². The van der Waals surface area contributed by atoms with Crippen LogP contribution in [0.4, 0.5) is 0 Å². The van der Waals surface area contributed by atoms with Crippen LogP contribution in [0, 0.1) is 0 Å². The number of fused-ring (bicyclic) bond motifs is 3. The van der Waals surface area contributed by atoms with Gasteiger partial charge < -0.3 is 15.2 Å². The van der Waals surface area contributed by atoms with Crippen LogP contribution in [0.15, 0.2) is 66.9 Å². The van der Waals surface area contributed by atoms with Crippen molar-refractivity contribution >= 4 is 27.8 Å². The van der Waals surface area contributed by atoms with Crippen LogP contribution in [0.2, 0.25) is 0 Å². The van der Waals surface area contributed by atoms with E-state index in [9.17, 15) is 4.79 Å². The summed E-state index contributed by atoms with van der Waals surface area (Å²) in [5, 5.41) is 8.68. The van der Waals surface area contributed by atoms with Crippen LogP contribution >= 0.6 is 0 Å². The van der Waals surface area contributed by atoms with Crippen molar-refractivity contribution in [1.29, 1.82) is 0 Å². The molecule has 0 radical (unpaired) electrons. The zero-order valence-corrected chi connectivity index (χ0v) is 16.5. The molecule has 1 aliphatic rings. The van der Waals surface area contributed by atoms with E-state index in [1.165, 1.54) is 11.1 Å². The highest BCUT2D eigenvalue weighted by Crippen LogP contribution is 2.45. The Labute approximate surface area is 169 Å². The minimum atomic E-state index is -0.221. The highest BCUT2D eigenvalue weighted by atomic mass is 16.2. The first-order valence-electron chi connectivity index (χ1n) is 10.1. The second-order valence-electron chi connectivity index (χ2n) is 7.84. The number of nitrogens with zero attached hydrogens (tertiary/aromatic N) is 2. The van der Waals surface area contributed by atoms with Gasteiger partial charge in [-0.25, -0.2) is 4.98 Å². The Morgan fingerprint density at radius 2 is 1.79 bits per heavy atom. The largest absolute Gasteiger partial charge is 0.345 e. The predicted octanol–water partition coefficient (Wildman–Crippen LogP) is 3.71. The zero-order valence-electron chi connectivity index (χ0n) is 16.5. The van der Waals surface area contributed by atoms with Crippen LogP contribution in [0.1, 0.15) is 24.0 Å². The third-order valence-corrected chi connectivity index (χ3v) is 5.85. The third-order valence-electron chi connectivity index (χ3n) is 5.85. The molecule has 0 atom stereocenters. The summed E-state index contributed by atoms with van der Waals surface area (Å²) in [7, 11) is 1.94. The van der Waals surface area contributed by atoms with Crippen LogP contribution < -0.4 is 10.6 Å². The quantitative estimate of drug-likeness (QED) is 0.533. The molecule has 0 aliphatic heterocycles. The van der Waals surface area contributed by atoms with E-state index in [2.05, 4.69) is 58.1 Å². The molecule has 4 aromatic rings. The fraction of sp³-hybridized carbons (Fsp3) is 0.250. The van der Waals surface area contributed by atoms with Crippen molar-refractivity contribution in [1.82, 2.24) is 20.2 Å². The number of benzene rings is 2. The molecule has 29 heavy (non-hydrogen) atoms. The van der Waals surface area contributed by atoms with Gasteiger partial charge in [0.25, 0.3) is 0 Å². The number of amides is 1. The maximum Gasteiger partial charge on any atom is 0.240 e. The molecule has 0 spiro atoms. The number of carbonyl (C=O) groups excluding carboxylic acids is 1. The standard InChI is InChI=1S/C24H24N4O/c1-25-15-17-8-10-18(11-9-17)24(12-13-24)27-22(29)16-28-21-7-3-2-5-19(21)20-6-4-14-26-23(20)28/h2-11,14,25H,12-13,15-16H2,1H3,(H,27,29). The van der Waals surface area contributed by atoms with E-state index in [1.54, 1.807) is 6.20 Å². The fourth-order valence-electron chi connectivity index (χ4n) is 4.24. The molecule has 5 nitrogen and oxygen atoms in total. The molecule has 2 heterocycles. The summed E-state index contributed by atoms with van der Waals surface area (Å²) in [4.78, 5) is 17.6. The molecule has 146 valence electrons. The first kappa shape index (κ1) is 17.9. The summed E-state index contributed by atoms with van der Waals surface area (Å²) in [5.74, 6) is 0.0232. The summed E-state index contributed by atoms with van der Waals surface area (Å²) >= 11 is 0. The SMILES string of the molecule is CNCc1ccc(C2(NC(=O)Cn3c4ccccc4c4cccnc43)CC2)cc1. The van der Waals surface area contributed by atoms with Gasteiger partial charge in [0, 0.05) is 23.5 Å². The minimum absolute atomic E-state index is 0.0232. The maximum atomic E-state index is 13.0. The van der Waals surface area contributed by atoms with E-state index < -0.39 is 0 Å². The van der Waals surface area contributed by atoms with E-state index in [4.69, 9.17) is 0 Å². The lowest BCUT2D eigenvalue weighted by molar-refractivity contribution is -0.122. The molecule has 2 aromatic carbocycles. The van der Waals surface area contributed by atoms with Crippen LogP contribution in [-0.2, 0) is 23.4 Å². The number of para-hydroxylation sites is 1. The van der Waals surface area contributed by atoms with Gasteiger partial charge in [-0.3, -0.25) is 4.79 Å². The molecule has 2 aromatic heterocycles. The smallest absolute Gasteiger partial charge is 0.240 e. The van der Waals surface area contributed by atoms with Gasteiger partial charge in [0.15, 0.2) is 0 Å². The summed E-state index contributed by atoms with van der Waals surface area (Å²) in [5.41, 5.74) is 4.10. The van der Waals surface area contributed by atoms with E-state index in [0.717, 1.165) is 41.3 Å². The molecule has 1 fully saturated rings. The van der Waals surface area contributed by atoms with Gasteiger partial charge >= 0.3 is 0 Å². The first-order valence-corrected chi connectivity index (χ1v) is 10.1. The number of nitrogens with one attached hydrogen (secondary N) is 2. The minimum Gasteiger partial charge on any atom is -0.345 e. The summed E-state index contributed by atoms with van der Waals surface area (Å²) in [6, 6.07) is 20.7. The van der Waals surface area contributed by atoms with E-state index in [0.29, 0.717) is 0 Å². The molecule has 0 unspecified atom stereocenters. The van der Waals surface area contributed by atoms with E-state index in [1.807, 2.05) is 29.8 Å². The van der Waals surface area contributed by atoms with Crippen molar-refractivity contribution in [3.8, 4) is 0 Å². The van der Waals surface area contributed by atoms with Crippen LogP contribution in [-0.4, -0.2) is 22.5 Å². The van der Waals surface area contributed by atoms with Crippen LogP contribution in [0.5, 0.6) is 0 Å². The van der Waals surface area contributed by atoms with Gasteiger partial charge in [-0.2, -0.15) is 0 Å². The Morgan fingerprint density at radius 1 is 1.03 bits per heavy atom. The Bertz CT molecular complexity index is 1140. The molecule has 0 bridgehead atoms. The van der Waals surface area contributed by atoms with E-state index >= 15 is 0 Å². The lowest BCUT2D eigenvalue weighted by Gasteiger charge is -2.19. The summed E-state index contributed by atoms with van der Waals surface area (Å²) < 4.78 is 2.02. The number of hydrogen-bond donors (Lipinski definition) is 2. The molecule has 1 amide bonds. The topological polar surface area (TPSA) is 58.9 Å². The van der Waals surface area contributed by atoms with Crippen molar-refractivity contribution in [2.24, 2.45) is 0 Å². The lowest BCUT2D eigenvalue weighted by Crippen LogP contribution is -2.37. The highest BCUT2D eigenvalue weighted by Gasteiger charge is 2.45. The molecule has 1 saturated carbocycles. The maximum absolute atomic E-state index is 13.0. The Morgan fingerprint density at radius 3 is 2.55 bits per heavy atom. The molecular weight excluding hydrogens is 360 g/mol. The Kier molecular flexibility index (Phi) is 4.32. The number of aromatic nitrogens is 2. The van der Waals surface area contributed by atoms with Crippen molar-refractivity contribution < 1.29 is 4.79 Å². The monoisotopic (exact) mass is 384 g/mol. The molecule has 0 saturated heterocycles. The normalized spacial score (nSPS) is 14.9.